The smallest absolute Gasteiger partial charge is 0.272 e. The van der Waals surface area contributed by atoms with Gasteiger partial charge in [0, 0.05) is 25.4 Å². The molecule has 0 aliphatic carbocycles. The van der Waals surface area contributed by atoms with Crippen LogP contribution < -0.4 is 5.32 Å². The largest absolute Gasteiger partial charge is 0.336 e. The summed E-state index contributed by atoms with van der Waals surface area (Å²) in [6.07, 6.45) is 1.70. The molecule has 0 saturated carbocycles. The molecule has 10 heteroatoms. The van der Waals surface area contributed by atoms with Crippen molar-refractivity contribution < 1.29 is 22.0 Å². The molecule has 1 N–H and O–H groups in total. The molecule has 0 bridgehead atoms. The lowest BCUT2D eigenvalue weighted by molar-refractivity contribution is 0.0741. The van der Waals surface area contributed by atoms with Crippen LogP contribution in [0, 0.1) is 11.6 Å². The van der Waals surface area contributed by atoms with Crippen LogP contribution in [0.3, 0.4) is 0 Å². The molecule has 1 atom stereocenters. The van der Waals surface area contributed by atoms with E-state index in [1.54, 1.807) is 0 Å². The second-order valence-electron chi connectivity index (χ2n) is 5.99. The molecule has 7 nitrogen and oxygen atoms in total. The van der Waals surface area contributed by atoms with E-state index in [0.29, 0.717) is 12.5 Å². The highest BCUT2D eigenvalue weighted by molar-refractivity contribution is 7.91. The fourth-order valence-corrected chi connectivity index (χ4v) is 4.45. The van der Waals surface area contributed by atoms with Gasteiger partial charge in [-0.25, -0.2) is 27.2 Å². The van der Waals surface area contributed by atoms with Crippen molar-refractivity contribution in [3.8, 4) is 0 Å². The van der Waals surface area contributed by atoms with Crippen LogP contribution in [0.2, 0.25) is 0 Å². The van der Waals surface area contributed by atoms with Crippen LogP contribution in [-0.2, 0) is 9.84 Å². The monoisotopic (exact) mass is 382 g/mol. The summed E-state index contributed by atoms with van der Waals surface area (Å²) in [5, 5.41) is 2.59. The molecule has 26 heavy (non-hydrogen) atoms. The second-order valence-corrected chi connectivity index (χ2v) is 8.22. The molecule has 1 aliphatic rings. The first-order valence-electron chi connectivity index (χ1n) is 7.78. The molecule has 138 valence electrons. The number of sulfone groups is 1. The average Bonchev–Trinajstić information content (AvgIpc) is 2.96. The van der Waals surface area contributed by atoms with Crippen molar-refractivity contribution in [1.29, 1.82) is 0 Å². The van der Waals surface area contributed by atoms with Crippen LogP contribution in [0.5, 0.6) is 0 Å². The Morgan fingerprint density at radius 3 is 2.73 bits per heavy atom. The number of amides is 1. The molecular weight excluding hydrogens is 366 g/mol. The van der Waals surface area contributed by atoms with Crippen LogP contribution in [0.1, 0.15) is 16.9 Å². The van der Waals surface area contributed by atoms with Crippen molar-refractivity contribution in [3.63, 3.8) is 0 Å². The van der Waals surface area contributed by atoms with Crippen LogP contribution >= 0.6 is 0 Å². The van der Waals surface area contributed by atoms with Crippen molar-refractivity contribution in [2.45, 2.75) is 12.5 Å². The van der Waals surface area contributed by atoms with Gasteiger partial charge in [0.2, 0.25) is 5.95 Å². The van der Waals surface area contributed by atoms with Gasteiger partial charge in [0.05, 0.1) is 17.2 Å². The minimum Gasteiger partial charge on any atom is -0.336 e. The van der Waals surface area contributed by atoms with Gasteiger partial charge in [-0.15, -0.1) is 0 Å². The lowest BCUT2D eigenvalue weighted by Gasteiger charge is -2.23. The van der Waals surface area contributed by atoms with E-state index in [-0.39, 0.29) is 28.8 Å². The molecule has 1 aromatic heterocycles. The van der Waals surface area contributed by atoms with E-state index in [4.69, 9.17) is 0 Å². The van der Waals surface area contributed by atoms with Gasteiger partial charge in [-0.1, -0.05) is 0 Å². The summed E-state index contributed by atoms with van der Waals surface area (Å²) in [6.45, 7) is 0. The molecule has 2 heterocycles. The maximum atomic E-state index is 13.7. The number of benzene rings is 1. The lowest BCUT2D eigenvalue weighted by atomic mass is 10.2. The van der Waals surface area contributed by atoms with Crippen molar-refractivity contribution in [2.75, 3.05) is 23.9 Å². The zero-order valence-electron chi connectivity index (χ0n) is 13.8. The van der Waals surface area contributed by atoms with E-state index >= 15 is 0 Å². The molecule has 0 spiro atoms. The summed E-state index contributed by atoms with van der Waals surface area (Å²) in [5.74, 6) is -2.06. The molecule has 1 aromatic carbocycles. The maximum absolute atomic E-state index is 13.7. The number of halogens is 2. The highest BCUT2D eigenvalue weighted by Gasteiger charge is 2.33. The number of rotatable bonds is 4. The Bertz CT molecular complexity index is 952. The van der Waals surface area contributed by atoms with E-state index in [1.165, 1.54) is 30.3 Å². The van der Waals surface area contributed by atoms with E-state index in [1.807, 2.05) is 0 Å². The zero-order chi connectivity index (χ0) is 18.9. The van der Waals surface area contributed by atoms with Crippen LogP contribution in [0.15, 0.2) is 30.5 Å². The van der Waals surface area contributed by atoms with E-state index in [0.717, 1.165) is 6.07 Å². The van der Waals surface area contributed by atoms with E-state index < -0.39 is 33.4 Å². The van der Waals surface area contributed by atoms with Gasteiger partial charge in [-0.05, 0) is 24.6 Å². The Morgan fingerprint density at radius 2 is 2.08 bits per heavy atom. The van der Waals surface area contributed by atoms with Gasteiger partial charge in [0.25, 0.3) is 5.91 Å². The predicted octanol–water partition coefficient (Wildman–Crippen LogP) is 1.76. The van der Waals surface area contributed by atoms with E-state index in [2.05, 4.69) is 15.3 Å². The highest BCUT2D eigenvalue weighted by atomic mass is 32.2. The van der Waals surface area contributed by atoms with Crippen LogP contribution in [0.25, 0.3) is 0 Å². The fourth-order valence-electron chi connectivity index (χ4n) is 2.68. The quantitative estimate of drug-likeness (QED) is 0.866. The summed E-state index contributed by atoms with van der Waals surface area (Å²) in [5.41, 5.74) is 0.00283. The van der Waals surface area contributed by atoms with Gasteiger partial charge in [-0.3, -0.25) is 4.79 Å². The van der Waals surface area contributed by atoms with Gasteiger partial charge in [0.15, 0.2) is 9.84 Å². The number of hydrogen-bond donors (Lipinski definition) is 1. The van der Waals surface area contributed by atoms with Crippen LogP contribution in [-0.4, -0.2) is 53.8 Å². The fraction of sp³-hybridized carbons (Fsp3) is 0.312. The molecule has 1 aliphatic heterocycles. The Balaban J connectivity index is 1.77. The molecule has 1 fully saturated rings. The third kappa shape index (κ3) is 3.96. The summed E-state index contributed by atoms with van der Waals surface area (Å²) in [6, 6.07) is 3.96. The molecule has 2 aromatic rings. The number of carbonyl (C=O) groups excluding carboxylic acids is 1. The van der Waals surface area contributed by atoms with Gasteiger partial charge >= 0.3 is 0 Å². The van der Waals surface area contributed by atoms with Gasteiger partial charge < -0.3 is 10.2 Å². The number of anilines is 2. The Labute approximate surface area is 149 Å². The molecule has 1 saturated heterocycles. The second kappa shape index (κ2) is 6.94. The van der Waals surface area contributed by atoms with Crippen LogP contribution in [0.4, 0.5) is 20.4 Å². The number of nitrogens with zero attached hydrogens (tertiary/aromatic N) is 3. The Kier molecular flexibility index (Phi) is 4.86. The Hall–Kier alpha value is -2.62. The summed E-state index contributed by atoms with van der Waals surface area (Å²) >= 11 is 0. The zero-order valence-corrected chi connectivity index (χ0v) is 14.6. The number of hydrogen-bond acceptors (Lipinski definition) is 6. The molecule has 1 amide bonds. The van der Waals surface area contributed by atoms with Gasteiger partial charge in [-0.2, -0.15) is 0 Å². The Morgan fingerprint density at radius 1 is 1.31 bits per heavy atom. The summed E-state index contributed by atoms with van der Waals surface area (Å²) in [7, 11) is -1.61. The van der Waals surface area contributed by atoms with E-state index in [9.17, 15) is 22.0 Å². The predicted molar refractivity (Wildman–Crippen MR) is 90.8 cm³/mol. The average molecular weight is 382 g/mol. The molecule has 1 unspecified atom stereocenters. The van der Waals surface area contributed by atoms with Crippen molar-refractivity contribution in [3.05, 3.63) is 47.8 Å². The highest BCUT2D eigenvalue weighted by Crippen LogP contribution is 2.20. The number of carbonyl (C=O) groups is 1. The molecule has 3 rings (SSSR count). The first-order valence-corrected chi connectivity index (χ1v) is 9.60. The third-order valence-corrected chi connectivity index (χ3v) is 5.88. The van der Waals surface area contributed by atoms with Crippen molar-refractivity contribution in [1.82, 2.24) is 14.9 Å². The van der Waals surface area contributed by atoms with Crippen molar-refractivity contribution in [2.24, 2.45) is 0 Å². The SMILES string of the molecule is CN(C(=O)c1ccnc(Nc2ccc(F)cc2F)n1)C1CCS(=O)(=O)C1. The lowest BCUT2D eigenvalue weighted by Crippen LogP contribution is -2.38. The first-order chi connectivity index (χ1) is 12.2. The standard InChI is InChI=1S/C16H16F2N4O3S/c1-22(11-5-7-26(24,25)9-11)15(23)14-4-6-19-16(21-14)20-13-3-2-10(17)8-12(13)18/h2-4,6,8,11H,5,7,9H2,1H3,(H,19,20,21). The molecular formula is C16H16F2N4O3S. The normalized spacial score (nSPS) is 18.5. The minimum absolute atomic E-state index is 0.0335. The minimum atomic E-state index is -3.12. The maximum Gasteiger partial charge on any atom is 0.272 e. The summed E-state index contributed by atoms with van der Waals surface area (Å²) in [4.78, 5) is 21.8. The number of aromatic nitrogens is 2. The first kappa shape index (κ1) is 18.2. The molecule has 0 radical (unpaired) electrons. The third-order valence-electron chi connectivity index (χ3n) is 4.13. The van der Waals surface area contributed by atoms with Crippen molar-refractivity contribution >= 4 is 27.4 Å². The summed E-state index contributed by atoms with van der Waals surface area (Å²) < 4.78 is 49.8. The topological polar surface area (TPSA) is 92.3 Å². The number of nitrogens with one attached hydrogen (secondary N) is 1. The van der Waals surface area contributed by atoms with Gasteiger partial charge in [0.1, 0.15) is 17.3 Å².